The quantitative estimate of drug-likeness (QED) is 0.484. The van der Waals surface area contributed by atoms with Crippen molar-refractivity contribution >= 4 is 16.7 Å². The molecule has 0 bridgehead atoms. The fourth-order valence-corrected chi connectivity index (χ4v) is 2.42. The van der Waals surface area contributed by atoms with Gasteiger partial charge in [-0.3, -0.25) is 19.1 Å². The summed E-state index contributed by atoms with van der Waals surface area (Å²) in [6.07, 6.45) is 2.91. The van der Waals surface area contributed by atoms with E-state index in [1.54, 1.807) is 6.07 Å². The minimum atomic E-state index is -0.524. The highest BCUT2D eigenvalue weighted by Crippen LogP contribution is 2.26. The van der Waals surface area contributed by atoms with Gasteiger partial charge in [0.2, 0.25) is 5.78 Å². The van der Waals surface area contributed by atoms with E-state index in [9.17, 15) is 14.0 Å². The van der Waals surface area contributed by atoms with E-state index >= 15 is 0 Å². The lowest BCUT2D eigenvalue weighted by Gasteiger charge is -2.04. The molecular formula is C14H6FN3O2. The summed E-state index contributed by atoms with van der Waals surface area (Å²) >= 11 is 0. The Balaban J connectivity index is 2.20. The number of aromatic nitrogens is 3. The van der Waals surface area contributed by atoms with Gasteiger partial charge in [-0.25, -0.2) is 9.37 Å². The summed E-state index contributed by atoms with van der Waals surface area (Å²) in [5.41, 5.74) is 0.511. The molecule has 0 amide bonds. The van der Waals surface area contributed by atoms with E-state index < -0.39 is 11.6 Å². The van der Waals surface area contributed by atoms with Crippen LogP contribution >= 0.6 is 0 Å². The summed E-state index contributed by atoms with van der Waals surface area (Å²) in [5, 5.41) is 0.369. The first-order valence-corrected chi connectivity index (χ1v) is 5.88. The van der Waals surface area contributed by atoms with Gasteiger partial charge in [0.1, 0.15) is 5.82 Å². The van der Waals surface area contributed by atoms with Crippen LogP contribution < -0.4 is 5.56 Å². The molecule has 1 aliphatic heterocycles. The summed E-state index contributed by atoms with van der Waals surface area (Å²) in [4.78, 5) is 32.7. The first kappa shape index (κ1) is 11.0. The van der Waals surface area contributed by atoms with E-state index in [4.69, 9.17) is 0 Å². The van der Waals surface area contributed by atoms with Crippen molar-refractivity contribution in [2.24, 2.45) is 0 Å². The van der Waals surface area contributed by atoms with Crippen molar-refractivity contribution in [3.05, 3.63) is 64.2 Å². The Hall–Kier alpha value is -2.89. The Morgan fingerprint density at radius 3 is 2.85 bits per heavy atom. The van der Waals surface area contributed by atoms with Crippen LogP contribution in [-0.4, -0.2) is 20.3 Å². The van der Waals surface area contributed by atoms with E-state index in [0.29, 0.717) is 16.6 Å². The van der Waals surface area contributed by atoms with Crippen LogP contribution in [0.25, 0.3) is 16.6 Å². The van der Waals surface area contributed by atoms with Gasteiger partial charge in [-0.2, -0.15) is 0 Å². The number of hydrogen-bond donors (Lipinski definition) is 0. The van der Waals surface area contributed by atoms with Gasteiger partial charge >= 0.3 is 0 Å². The molecule has 5 nitrogen and oxygen atoms in total. The predicted molar refractivity (Wildman–Crippen MR) is 68.5 cm³/mol. The maximum absolute atomic E-state index is 13.3. The van der Waals surface area contributed by atoms with E-state index in [0.717, 1.165) is 6.07 Å². The molecule has 6 heteroatoms. The maximum atomic E-state index is 13.3. The summed E-state index contributed by atoms with van der Waals surface area (Å²) in [6.45, 7) is 0. The van der Waals surface area contributed by atoms with Crippen LogP contribution in [0.3, 0.4) is 0 Å². The van der Waals surface area contributed by atoms with Crippen molar-refractivity contribution < 1.29 is 9.18 Å². The number of nitrogens with zero attached hydrogens (tertiary/aromatic N) is 3. The third-order valence-corrected chi connectivity index (χ3v) is 3.32. The van der Waals surface area contributed by atoms with Crippen molar-refractivity contribution in [3.8, 4) is 5.69 Å². The molecule has 3 aromatic rings. The average Bonchev–Trinajstić information content (AvgIpc) is 2.73. The second kappa shape index (κ2) is 3.57. The van der Waals surface area contributed by atoms with Crippen LogP contribution in [0.4, 0.5) is 4.39 Å². The minimum Gasteiger partial charge on any atom is -0.285 e. The number of fused-ring (bicyclic) bond motifs is 4. The van der Waals surface area contributed by atoms with Crippen molar-refractivity contribution in [2.75, 3.05) is 0 Å². The van der Waals surface area contributed by atoms with Gasteiger partial charge in [0, 0.05) is 6.20 Å². The van der Waals surface area contributed by atoms with E-state index in [1.807, 2.05) is 0 Å². The molecule has 96 valence electrons. The molecule has 0 fully saturated rings. The normalized spacial score (nSPS) is 12.6. The highest BCUT2D eigenvalue weighted by Gasteiger charge is 2.30. The summed E-state index contributed by atoms with van der Waals surface area (Å²) in [6, 6.07) is 5.29. The van der Waals surface area contributed by atoms with Gasteiger partial charge in [-0.05, 0) is 24.3 Å². The molecule has 2 aromatic heterocycles. The van der Waals surface area contributed by atoms with Crippen molar-refractivity contribution in [3.63, 3.8) is 0 Å². The highest BCUT2D eigenvalue weighted by atomic mass is 19.1. The summed E-state index contributed by atoms with van der Waals surface area (Å²) in [5.74, 6) is -0.984. The molecule has 20 heavy (non-hydrogen) atoms. The van der Waals surface area contributed by atoms with Crippen LogP contribution in [0, 0.1) is 5.82 Å². The number of hydrogen-bond acceptors (Lipinski definition) is 4. The molecule has 0 saturated carbocycles. The van der Waals surface area contributed by atoms with Gasteiger partial charge in [-0.1, -0.05) is 0 Å². The number of carbonyl (C=O) groups excluding carboxylic acids is 1. The zero-order valence-electron chi connectivity index (χ0n) is 10.0. The number of halogens is 1. The number of rotatable bonds is 0. The largest absolute Gasteiger partial charge is 0.285 e. The molecule has 0 radical (unpaired) electrons. The smallest absolute Gasteiger partial charge is 0.266 e. The number of ketones is 1. The minimum absolute atomic E-state index is 0.00361. The summed E-state index contributed by atoms with van der Waals surface area (Å²) in [7, 11) is 0. The summed E-state index contributed by atoms with van der Waals surface area (Å²) < 4.78 is 14.5. The van der Waals surface area contributed by atoms with E-state index in [1.165, 1.54) is 29.1 Å². The van der Waals surface area contributed by atoms with Gasteiger partial charge in [-0.15, -0.1) is 0 Å². The van der Waals surface area contributed by atoms with Gasteiger partial charge in [0.05, 0.1) is 28.4 Å². The Bertz CT molecular complexity index is 962. The standard InChI is InChI=1S/C14H6FN3O2/c15-7-1-2-11-9(5-7)12(19)13-17-10-6-16-4-3-8(10)14(20)18(11)13/h1-6H. The zero-order chi connectivity index (χ0) is 13.9. The number of pyridine rings is 1. The lowest BCUT2D eigenvalue weighted by molar-refractivity contribution is 0.103. The maximum Gasteiger partial charge on any atom is 0.266 e. The van der Waals surface area contributed by atoms with Crippen LogP contribution in [0.5, 0.6) is 0 Å². The van der Waals surface area contributed by atoms with Crippen molar-refractivity contribution in [1.29, 1.82) is 0 Å². The lowest BCUT2D eigenvalue weighted by Crippen LogP contribution is -2.21. The Labute approximate surface area is 111 Å². The molecule has 0 spiro atoms. The highest BCUT2D eigenvalue weighted by molar-refractivity contribution is 6.13. The molecule has 0 aliphatic carbocycles. The SMILES string of the molecule is O=C1c2cc(F)ccc2-n2c1nc1cnccc1c2=O. The number of benzene rings is 1. The van der Waals surface area contributed by atoms with Gasteiger partial charge in [0.15, 0.2) is 5.82 Å². The van der Waals surface area contributed by atoms with Crippen LogP contribution in [-0.2, 0) is 0 Å². The number of carbonyl (C=O) groups is 1. The van der Waals surface area contributed by atoms with Gasteiger partial charge in [0.25, 0.3) is 5.56 Å². The molecule has 1 aromatic carbocycles. The van der Waals surface area contributed by atoms with E-state index in [-0.39, 0.29) is 16.9 Å². The Morgan fingerprint density at radius 2 is 2.00 bits per heavy atom. The molecule has 0 saturated heterocycles. The van der Waals surface area contributed by atoms with Crippen molar-refractivity contribution in [1.82, 2.24) is 14.5 Å². The third-order valence-electron chi connectivity index (χ3n) is 3.32. The Kier molecular flexibility index (Phi) is 1.96. The van der Waals surface area contributed by atoms with Crippen molar-refractivity contribution in [2.45, 2.75) is 0 Å². The van der Waals surface area contributed by atoms with Crippen LogP contribution in [0.2, 0.25) is 0 Å². The van der Waals surface area contributed by atoms with E-state index in [2.05, 4.69) is 9.97 Å². The Morgan fingerprint density at radius 1 is 1.15 bits per heavy atom. The lowest BCUT2D eigenvalue weighted by atomic mass is 10.1. The monoisotopic (exact) mass is 267 g/mol. The zero-order valence-corrected chi connectivity index (χ0v) is 10.0. The first-order valence-electron chi connectivity index (χ1n) is 5.88. The molecule has 1 aliphatic rings. The molecule has 4 rings (SSSR count). The van der Waals surface area contributed by atoms with Gasteiger partial charge < -0.3 is 0 Å². The molecule has 0 N–H and O–H groups in total. The van der Waals surface area contributed by atoms with Crippen LogP contribution in [0.15, 0.2) is 41.5 Å². The third kappa shape index (κ3) is 1.25. The van der Waals surface area contributed by atoms with Crippen LogP contribution in [0.1, 0.15) is 16.2 Å². The molecule has 0 atom stereocenters. The second-order valence-electron chi connectivity index (χ2n) is 4.46. The fourth-order valence-electron chi connectivity index (χ4n) is 2.42. The second-order valence-corrected chi connectivity index (χ2v) is 4.46. The molecule has 0 unspecified atom stereocenters. The fraction of sp³-hybridized carbons (Fsp3) is 0. The average molecular weight is 267 g/mol. The first-order chi connectivity index (χ1) is 9.66. The topological polar surface area (TPSA) is 64.8 Å². The molecular weight excluding hydrogens is 261 g/mol. The predicted octanol–water partition coefficient (Wildman–Crippen LogP) is 1.46. The molecule has 3 heterocycles.